The van der Waals surface area contributed by atoms with Crippen LogP contribution >= 0.6 is 0 Å². The number of nitrogens with zero attached hydrogens (tertiary/aromatic N) is 1. The third-order valence-electron chi connectivity index (χ3n) is 3.50. The van der Waals surface area contributed by atoms with Gasteiger partial charge in [-0.2, -0.15) is 0 Å². The highest BCUT2D eigenvalue weighted by Crippen LogP contribution is 2.12. The van der Waals surface area contributed by atoms with Crippen LogP contribution in [0.4, 0.5) is 0 Å². The van der Waals surface area contributed by atoms with E-state index in [9.17, 15) is 8.42 Å². The maximum absolute atomic E-state index is 11.2. The first-order chi connectivity index (χ1) is 8.81. The van der Waals surface area contributed by atoms with Gasteiger partial charge in [0.05, 0.1) is 5.75 Å². The number of aryl methyl sites for hydroxylation is 1. The van der Waals surface area contributed by atoms with E-state index in [0.717, 1.165) is 12.8 Å². The molecule has 0 spiro atoms. The first-order valence-electron chi connectivity index (χ1n) is 6.75. The van der Waals surface area contributed by atoms with Gasteiger partial charge in [0.25, 0.3) is 0 Å². The van der Waals surface area contributed by atoms with Gasteiger partial charge in [-0.05, 0) is 32.4 Å². The molecule has 1 atom stereocenters. The third-order valence-corrected chi connectivity index (χ3v) is 4.43. The molecule has 0 fully saturated rings. The summed E-state index contributed by atoms with van der Waals surface area (Å²) in [6.45, 7) is 4.83. The van der Waals surface area contributed by atoms with Gasteiger partial charge in [-0.25, -0.2) is 8.42 Å². The quantitative estimate of drug-likeness (QED) is 0.770. The molecule has 0 heterocycles. The fraction of sp³-hybridized carbons (Fsp3) is 0.600. The van der Waals surface area contributed by atoms with Crippen molar-refractivity contribution in [1.29, 1.82) is 0 Å². The number of hydrogen-bond donors (Lipinski definition) is 0. The Labute approximate surface area is 117 Å². The van der Waals surface area contributed by atoms with Crippen molar-refractivity contribution >= 4 is 9.84 Å². The number of hydrogen-bond acceptors (Lipinski definition) is 3. The van der Waals surface area contributed by atoms with Gasteiger partial charge in [-0.3, -0.25) is 0 Å². The molecular formula is C15H25NO2S. The first-order valence-corrected chi connectivity index (χ1v) is 8.81. The molecule has 1 aromatic rings. The lowest BCUT2D eigenvalue weighted by Crippen LogP contribution is -2.36. The Balaban J connectivity index is 2.59. The predicted molar refractivity (Wildman–Crippen MR) is 81.3 cm³/mol. The lowest BCUT2D eigenvalue weighted by atomic mass is 10.0. The van der Waals surface area contributed by atoms with E-state index < -0.39 is 9.84 Å². The van der Waals surface area contributed by atoms with E-state index in [0.29, 0.717) is 12.6 Å². The molecule has 108 valence electrons. The van der Waals surface area contributed by atoms with Gasteiger partial charge < -0.3 is 4.90 Å². The van der Waals surface area contributed by atoms with E-state index in [2.05, 4.69) is 43.0 Å². The maximum Gasteiger partial charge on any atom is 0.148 e. The molecule has 1 rings (SSSR count). The Hall–Kier alpha value is -0.870. The smallest absolute Gasteiger partial charge is 0.148 e. The molecular weight excluding hydrogens is 258 g/mol. The van der Waals surface area contributed by atoms with E-state index in [1.165, 1.54) is 17.4 Å². The Kier molecular flexibility index (Phi) is 6.01. The molecule has 1 aromatic carbocycles. The Bertz CT molecular complexity index is 479. The molecule has 0 aliphatic heterocycles. The molecule has 0 unspecified atom stereocenters. The molecule has 19 heavy (non-hydrogen) atoms. The second-order valence-corrected chi connectivity index (χ2v) is 7.62. The summed E-state index contributed by atoms with van der Waals surface area (Å²) < 4.78 is 22.4. The molecule has 4 heteroatoms. The van der Waals surface area contributed by atoms with Gasteiger partial charge in [-0.1, -0.05) is 36.8 Å². The van der Waals surface area contributed by atoms with Crippen molar-refractivity contribution in [2.24, 2.45) is 0 Å². The van der Waals surface area contributed by atoms with Crippen LogP contribution in [0.3, 0.4) is 0 Å². The summed E-state index contributed by atoms with van der Waals surface area (Å²) in [7, 11) is -0.874. The summed E-state index contributed by atoms with van der Waals surface area (Å²) in [4.78, 5) is 2.15. The monoisotopic (exact) mass is 283 g/mol. The lowest BCUT2D eigenvalue weighted by molar-refractivity contribution is 0.247. The summed E-state index contributed by atoms with van der Waals surface area (Å²) in [5, 5.41) is 0. The van der Waals surface area contributed by atoms with Gasteiger partial charge in [0.1, 0.15) is 9.84 Å². The van der Waals surface area contributed by atoms with Crippen molar-refractivity contribution < 1.29 is 8.42 Å². The maximum atomic E-state index is 11.2. The van der Waals surface area contributed by atoms with Crippen LogP contribution in [-0.4, -0.2) is 45.0 Å². The molecule has 0 aromatic heterocycles. The fourth-order valence-corrected chi connectivity index (χ4v) is 2.72. The third kappa shape index (κ3) is 6.21. The second kappa shape index (κ2) is 7.06. The zero-order valence-electron chi connectivity index (χ0n) is 12.4. The number of likely N-dealkylation sites (N-methyl/N-ethyl adjacent to an activating group) is 1. The molecule has 0 saturated carbocycles. The molecule has 0 radical (unpaired) electrons. The van der Waals surface area contributed by atoms with Crippen LogP contribution in [0.2, 0.25) is 0 Å². The first kappa shape index (κ1) is 16.2. The Morgan fingerprint density at radius 3 is 2.26 bits per heavy atom. The van der Waals surface area contributed by atoms with Gasteiger partial charge in [-0.15, -0.1) is 0 Å². The summed E-state index contributed by atoms with van der Waals surface area (Å²) in [6, 6.07) is 8.95. The minimum absolute atomic E-state index is 0.230. The average Bonchev–Trinajstić information content (AvgIpc) is 2.34. The summed E-state index contributed by atoms with van der Waals surface area (Å²) in [5.41, 5.74) is 2.57. The van der Waals surface area contributed by atoms with E-state index in [1.54, 1.807) is 0 Å². The molecule has 0 aliphatic rings. The van der Waals surface area contributed by atoms with Crippen molar-refractivity contribution in [3.05, 3.63) is 35.4 Å². The van der Waals surface area contributed by atoms with Crippen LogP contribution in [-0.2, 0) is 16.3 Å². The minimum atomic E-state index is -2.88. The minimum Gasteiger partial charge on any atom is -0.302 e. The molecule has 3 nitrogen and oxygen atoms in total. The van der Waals surface area contributed by atoms with Crippen molar-refractivity contribution in [2.75, 3.05) is 25.6 Å². The lowest BCUT2D eigenvalue weighted by Gasteiger charge is -2.27. The highest BCUT2D eigenvalue weighted by atomic mass is 32.2. The summed E-state index contributed by atoms with van der Waals surface area (Å²) >= 11 is 0. The molecule has 0 N–H and O–H groups in total. The molecule has 0 saturated heterocycles. The van der Waals surface area contributed by atoms with Crippen LogP contribution in [0.1, 0.15) is 24.5 Å². The van der Waals surface area contributed by atoms with Crippen molar-refractivity contribution in [1.82, 2.24) is 4.90 Å². The summed E-state index contributed by atoms with van der Waals surface area (Å²) in [6.07, 6.45) is 3.28. The van der Waals surface area contributed by atoms with Gasteiger partial charge in [0, 0.05) is 18.8 Å². The highest BCUT2D eigenvalue weighted by molar-refractivity contribution is 7.90. The summed E-state index contributed by atoms with van der Waals surface area (Å²) in [5.74, 6) is 0.230. The van der Waals surface area contributed by atoms with E-state index in [-0.39, 0.29) is 5.75 Å². The van der Waals surface area contributed by atoms with Crippen molar-refractivity contribution in [3.8, 4) is 0 Å². The van der Waals surface area contributed by atoms with Crippen LogP contribution < -0.4 is 0 Å². The van der Waals surface area contributed by atoms with E-state index in [4.69, 9.17) is 0 Å². The van der Waals surface area contributed by atoms with Crippen molar-refractivity contribution in [3.63, 3.8) is 0 Å². The number of rotatable bonds is 7. The Morgan fingerprint density at radius 2 is 1.79 bits per heavy atom. The highest BCUT2D eigenvalue weighted by Gasteiger charge is 2.15. The van der Waals surface area contributed by atoms with E-state index >= 15 is 0 Å². The van der Waals surface area contributed by atoms with Crippen molar-refractivity contribution in [2.45, 2.75) is 32.7 Å². The normalized spacial score (nSPS) is 13.7. The second-order valence-electron chi connectivity index (χ2n) is 5.36. The number of sulfone groups is 1. The molecule has 0 aliphatic carbocycles. The predicted octanol–water partition coefficient (Wildman–Crippen LogP) is 2.29. The van der Waals surface area contributed by atoms with Crippen LogP contribution in [0.25, 0.3) is 0 Å². The van der Waals surface area contributed by atoms with E-state index in [1.807, 2.05) is 7.05 Å². The topological polar surface area (TPSA) is 37.4 Å². The molecule has 0 amide bonds. The van der Waals surface area contributed by atoms with Crippen LogP contribution in [0.5, 0.6) is 0 Å². The Morgan fingerprint density at radius 1 is 1.21 bits per heavy atom. The standard InChI is InChI=1S/C15H25NO2S/c1-5-15(16(3)10-11-19(4,17)18)12-14-8-6-13(2)7-9-14/h6-9,15H,5,10-12H2,1-4H3/t15-/m0/s1. The van der Waals surface area contributed by atoms with Crippen LogP contribution in [0, 0.1) is 6.92 Å². The van der Waals surface area contributed by atoms with Crippen LogP contribution in [0.15, 0.2) is 24.3 Å². The largest absolute Gasteiger partial charge is 0.302 e. The van der Waals surface area contributed by atoms with Gasteiger partial charge >= 0.3 is 0 Å². The zero-order chi connectivity index (χ0) is 14.5. The zero-order valence-corrected chi connectivity index (χ0v) is 13.2. The fourth-order valence-electron chi connectivity index (χ4n) is 2.10. The SMILES string of the molecule is CC[C@@H](Cc1ccc(C)cc1)N(C)CCS(C)(=O)=O. The molecule has 0 bridgehead atoms. The van der Waals surface area contributed by atoms with Gasteiger partial charge in [0.2, 0.25) is 0 Å². The number of benzene rings is 1. The van der Waals surface area contributed by atoms with Gasteiger partial charge in [0.15, 0.2) is 0 Å². The average molecular weight is 283 g/mol.